The predicted octanol–water partition coefficient (Wildman–Crippen LogP) is 1.49. The van der Waals surface area contributed by atoms with Gasteiger partial charge in [0.1, 0.15) is 0 Å². The van der Waals surface area contributed by atoms with E-state index in [9.17, 15) is 4.79 Å². The minimum absolute atomic E-state index is 0. The molecular formula is C14H28ClN3O. The lowest BCUT2D eigenvalue weighted by Crippen LogP contribution is -2.51. The number of rotatable bonds is 3. The van der Waals surface area contributed by atoms with Gasteiger partial charge in [0.05, 0.1) is 6.54 Å². The monoisotopic (exact) mass is 289 g/mol. The first-order chi connectivity index (χ1) is 8.61. The molecule has 1 N–H and O–H groups in total. The number of hydrogen-bond acceptors (Lipinski definition) is 3. The molecule has 4 nitrogen and oxygen atoms in total. The van der Waals surface area contributed by atoms with Crippen molar-refractivity contribution in [2.24, 2.45) is 0 Å². The molecule has 0 bridgehead atoms. The zero-order chi connectivity index (χ0) is 13.1. The Balaban J connectivity index is 0.00000180. The molecule has 2 aliphatic rings. The summed E-state index contributed by atoms with van der Waals surface area (Å²) in [5.74, 6) is 0.325. The third-order valence-corrected chi connectivity index (χ3v) is 4.52. The molecule has 3 atom stereocenters. The van der Waals surface area contributed by atoms with Crippen LogP contribution in [0.5, 0.6) is 0 Å². The van der Waals surface area contributed by atoms with E-state index < -0.39 is 0 Å². The molecule has 19 heavy (non-hydrogen) atoms. The molecule has 2 fully saturated rings. The first-order valence-corrected chi connectivity index (χ1v) is 7.32. The van der Waals surface area contributed by atoms with Crippen LogP contribution in [0.2, 0.25) is 0 Å². The maximum absolute atomic E-state index is 12.4. The van der Waals surface area contributed by atoms with Gasteiger partial charge < -0.3 is 10.2 Å². The van der Waals surface area contributed by atoms with Gasteiger partial charge in [-0.25, -0.2) is 0 Å². The standard InChI is InChI=1S/C14H27N3O.ClH/c1-11-5-4-6-12(2)17(11)14(18)10-16-8-7-13(9-16)15-3;/h11-13,15H,4-10H2,1-3H3;1H. The van der Waals surface area contributed by atoms with Crippen LogP contribution in [0.4, 0.5) is 0 Å². The number of nitrogens with one attached hydrogen (secondary N) is 1. The summed E-state index contributed by atoms with van der Waals surface area (Å²) in [5.41, 5.74) is 0. The fourth-order valence-corrected chi connectivity index (χ4v) is 3.40. The van der Waals surface area contributed by atoms with Crippen molar-refractivity contribution in [2.75, 3.05) is 26.7 Å². The highest BCUT2D eigenvalue weighted by molar-refractivity contribution is 5.85. The number of nitrogens with zero attached hydrogens (tertiary/aromatic N) is 2. The van der Waals surface area contributed by atoms with Crippen LogP contribution in [-0.2, 0) is 4.79 Å². The number of carbonyl (C=O) groups is 1. The molecule has 2 rings (SSSR count). The Hall–Kier alpha value is -0.320. The van der Waals surface area contributed by atoms with E-state index in [1.807, 2.05) is 7.05 Å². The fraction of sp³-hybridized carbons (Fsp3) is 0.929. The molecule has 0 aromatic rings. The predicted molar refractivity (Wildman–Crippen MR) is 80.8 cm³/mol. The maximum Gasteiger partial charge on any atom is 0.237 e. The molecule has 2 aliphatic heterocycles. The molecule has 1 amide bonds. The molecular weight excluding hydrogens is 262 g/mol. The van der Waals surface area contributed by atoms with Gasteiger partial charge in [0, 0.05) is 31.2 Å². The Kier molecular flexibility index (Phi) is 6.57. The number of likely N-dealkylation sites (tertiary alicyclic amines) is 2. The van der Waals surface area contributed by atoms with Crippen LogP contribution in [0.3, 0.4) is 0 Å². The van der Waals surface area contributed by atoms with E-state index in [0.717, 1.165) is 32.4 Å². The van der Waals surface area contributed by atoms with Crippen molar-refractivity contribution >= 4 is 18.3 Å². The molecule has 2 heterocycles. The Labute approximate surface area is 123 Å². The van der Waals surface area contributed by atoms with Gasteiger partial charge in [-0.1, -0.05) is 0 Å². The molecule has 0 saturated carbocycles. The summed E-state index contributed by atoms with van der Waals surface area (Å²) in [6.45, 7) is 7.04. The number of carbonyl (C=O) groups excluding carboxylic acids is 1. The van der Waals surface area contributed by atoms with E-state index in [1.165, 1.54) is 6.42 Å². The van der Waals surface area contributed by atoms with Crippen LogP contribution < -0.4 is 5.32 Å². The fourth-order valence-electron chi connectivity index (χ4n) is 3.40. The van der Waals surface area contributed by atoms with Gasteiger partial charge in [0.15, 0.2) is 0 Å². The van der Waals surface area contributed by atoms with Gasteiger partial charge in [-0.3, -0.25) is 9.69 Å². The summed E-state index contributed by atoms with van der Waals surface area (Å²) in [4.78, 5) is 16.8. The zero-order valence-corrected chi connectivity index (χ0v) is 13.2. The Bertz CT molecular complexity index is 290. The van der Waals surface area contributed by atoms with E-state index in [1.54, 1.807) is 0 Å². The third kappa shape index (κ3) is 4.07. The molecule has 0 spiro atoms. The van der Waals surface area contributed by atoms with Crippen molar-refractivity contribution in [3.8, 4) is 0 Å². The summed E-state index contributed by atoms with van der Waals surface area (Å²) in [5, 5.41) is 3.30. The lowest BCUT2D eigenvalue weighted by molar-refractivity contribution is -0.138. The topological polar surface area (TPSA) is 35.6 Å². The molecule has 0 aromatic heterocycles. The highest BCUT2D eigenvalue weighted by Crippen LogP contribution is 2.23. The number of likely N-dealkylation sites (N-methyl/N-ethyl adjacent to an activating group) is 1. The summed E-state index contributed by atoms with van der Waals surface area (Å²) in [6.07, 6.45) is 4.75. The summed E-state index contributed by atoms with van der Waals surface area (Å²) in [6, 6.07) is 1.40. The van der Waals surface area contributed by atoms with Gasteiger partial charge in [-0.15, -0.1) is 12.4 Å². The van der Waals surface area contributed by atoms with Gasteiger partial charge in [-0.2, -0.15) is 0 Å². The van der Waals surface area contributed by atoms with Crippen molar-refractivity contribution in [3.63, 3.8) is 0 Å². The first kappa shape index (κ1) is 16.7. The van der Waals surface area contributed by atoms with Crippen molar-refractivity contribution in [2.45, 2.75) is 57.7 Å². The Morgan fingerprint density at radius 3 is 2.37 bits per heavy atom. The van der Waals surface area contributed by atoms with Gasteiger partial charge >= 0.3 is 0 Å². The van der Waals surface area contributed by atoms with Gasteiger partial charge in [-0.05, 0) is 46.6 Å². The van der Waals surface area contributed by atoms with Crippen molar-refractivity contribution in [1.29, 1.82) is 0 Å². The van der Waals surface area contributed by atoms with E-state index in [0.29, 0.717) is 30.6 Å². The highest BCUT2D eigenvalue weighted by Gasteiger charge is 2.31. The first-order valence-electron chi connectivity index (χ1n) is 7.32. The average Bonchev–Trinajstić information content (AvgIpc) is 2.76. The second-order valence-corrected chi connectivity index (χ2v) is 5.94. The van der Waals surface area contributed by atoms with Crippen LogP contribution in [0.15, 0.2) is 0 Å². The Morgan fingerprint density at radius 2 is 1.84 bits per heavy atom. The molecule has 5 heteroatoms. The van der Waals surface area contributed by atoms with E-state index >= 15 is 0 Å². The Morgan fingerprint density at radius 1 is 1.21 bits per heavy atom. The van der Waals surface area contributed by atoms with Crippen LogP contribution in [0.1, 0.15) is 39.5 Å². The minimum atomic E-state index is 0. The maximum atomic E-state index is 12.4. The largest absolute Gasteiger partial charge is 0.336 e. The van der Waals surface area contributed by atoms with Crippen LogP contribution in [0, 0.1) is 0 Å². The normalized spacial score (nSPS) is 32.2. The van der Waals surface area contributed by atoms with Crippen LogP contribution in [-0.4, -0.2) is 60.5 Å². The molecule has 112 valence electrons. The summed E-state index contributed by atoms with van der Waals surface area (Å²) < 4.78 is 0. The third-order valence-electron chi connectivity index (χ3n) is 4.52. The van der Waals surface area contributed by atoms with E-state index in [-0.39, 0.29) is 12.4 Å². The number of amides is 1. The quantitative estimate of drug-likeness (QED) is 0.855. The average molecular weight is 290 g/mol. The summed E-state index contributed by atoms with van der Waals surface area (Å²) >= 11 is 0. The molecule has 0 aliphatic carbocycles. The van der Waals surface area contributed by atoms with Crippen molar-refractivity contribution in [3.05, 3.63) is 0 Å². The van der Waals surface area contributed by atoms with Crippen LogP contribution in [0.25, 0.3) is 0 Å². The lowest BCUT2D eigenvalue weighted by Gasteiger charge is -2.39. The van der Waals surface area contributed by atoms with Crippen molar-refractivity contribution in [1.82, 2.24) is 15.1 Å². The number of piperidine rings is 1. The second-order valence-electron chi connectivity index (χ2n) is 5.94. The van der Waals surface area contributed by atoms with Gasteiger partial charge in [0.2, 0.25) is 5.91 Å². The highest BCUT2D eigenvalue weighted by atomic mass is 35.5. The summed E-state index contributed by atoms with van der Waals surface area (Å²) in [7, 11) is 2.00. The molecule has 2 saturated heterocycles. The van der Waals surface area contributed by atoms with E-state index in [4.69, 9.17) is 0 Å². The molecule has 0 aromatic carbocycles. The second kappa shape index (κ2) is 7.46. The number of hydrogen-bond donors (Lipinski definition) is 1. The zero-order valence-electron chi connectivity index (χ0n) is 12.4. The minimum Gasteiger partial charge on any atom is -0.336 e. The van der Waals surface area contributed by atoms with Gasteiger partial charge in [0.25, 0.3) is 0 Å². The smallest absolute Gasteiger partial charge is 0.237 e. The lowest BCUT2D eigenvalue weighted by atomic mass is 9.97. The van der Waals surface area contributed by atoms with E-state index in [2.05, 4.69) is 29.0 Å². The molecule has 0 radical (unpaired) electrons. The van der Waals surface area contributed by atoms with Crippen molar-refractivity contribution < 1.29 is 4.79 Å². The SMILES string of the molecule is CNC1CCN(CC(=O)N2C(C)CCCC2C)C1.Cl. The number of halogens is 1. The van der Waals surface area contributed by atoms with Crippen LogP contribution >= 0.6 is 12.4 Å². The molecule has 3 unspecified atom stereocenters.